The third-order valence-corrected chi connectivity index (χ3v) is 3.72. The smallest absolute Gasteiger partial charge is 0.142 e. The van der Waals surface area contributed by atoms with Crippen molar-refractivity contribution >= 4 is 10.9 Å². The zero-order valence-corrected chi connectivity index (χ0v) is 10.4. The Hall–Kier alpha value is -1.48. The summed E-state index contributed by atoms with van der Waals surface area (Å²) < 4.78 is 5.41. The molecule has 1 aliphatic rings. The minimum absolute atomic E-state index is 0.944. The fourth-order valence-electron chi connectivity index (χ4n) is 2.73. The first kappa shape index (κ1) is 10.7. The van der Waals surface area contributed by atoms with Crippen LogP contribution in [-0.2, 0) is 13.0 Å². The summed E-state index contributed by atoms with van der Waals surface area (Å²) in [7, 11) is 1.73. The number of likely N-dealkylation sites (N-methyl/N-ethyl adjacent to an activating group) is 1. The molecule has 0 spiro atoms. The summed E-state index contributed by atoms with van der Waals surface area (Å²) in [5, 5.41) is 1.33. The molecule has 2 aromatic rings. The molecular weight excluding hydrogens is 212 g/mol. The highest BCUT2D eigenvalue weighted by atomic mass is 16.5. The number of hydrogen-bond acceptors (Lipinski definition) is 2. The molecule has 0 saturated carbocycles. The maximum atomic E-state index is 5.41. The number of ether oxygens (including phenoxy) is 1. The van der Waals surface area contributed by atoms with Crippen LogP contribution >= 0.6 is 0 Å². The van der Waals surface area contributed by atoms with E-state index in [0.717, 1.165) is 37.3 Å². The Labute approximate surface area is 101 Å². The van der Waals surface area contributed by atoms with Crippen LogP contribution in [0, 0.1) is 0 Å². The van der Waals surface area contributed by atoms with E-state index >= 15 is 0 Å². The molecule has 1 aliphatic heterocycles. The van der Waals surface area contributed by atoms with E-state index in [-0.39, 0.29) is 0 Å². The highest BCUT2D eigenvalue weighted by Gasteiger charge is 2.20. The van der Waals surface area contributed by atoms with Gasteiger partial charge in [-0.1, -0.05) is 19.1 Å². The summed E-state index contributed by atoms with van der Waals surface area (Å²) in [6.07, 6.45) is 1.14. The predicted octanol–water partition coefficient (Wildman–Crippen LogP) is 2.55. The summed E-state index contributed by atoms with van der Waals surface area (Å²) in [5.74, 6) is 0.944. The first-order valence-corrected chi connectivity index (χ1v) is 6.22. The number of nitrogens with zero attached hydrogens (tertiary/aromatic N) is 1. The number of hydrogen-bond donors (Lipinski definition) is 1. The molecular formula is C14H18N2O. The number of para-hydroxylation sites is 1. The first-order chi connectivity index (χ1) is 8.33. The highest BCUT2D eigenvalue weighted by Crippen LogP contribution is 2.32. The van der Waals surface area contributed by atoms with Gasteiger partial charge < -0.3 is 9.72 Å². The maximum absolute atomic E-state index is 5.41. The van der Waals surface area contributed by atoms with Crippen molar-refractivity contribution in [3.63, 3.8) is 0 Å². The van der Waals surface area contributed by atoms with Gasteiger partial charge in [0, 0.05) is 24.2 Å². The summed E-state index contributed by atoms with van der Waals surface area (Å²) >= 11 is 0. The second-order valence-corrected chi connectivity index (χ2v) is 4.58. The van der Waals surface area contributed by atoms with Crippen LogP contribution in [0.4, 0.5) is 0 Å². The number of benzene rings is 1. The van der Waals surface area contributed by atoms with E-state index in [0.29, 0.717) is 0 Å². The normalized spacial score (nSPS) is 16.1. The molecule has 0 atom stereocenters. The molecule has 17 heavy (non-hydrogen) atoms. The number of H-pyrrole nitrogens is 1. The average Bonchev–Trinajstić information content (AvgIpc) is 2.75. The van der Waals surface area contributed by atoms with Crippen molar-refractivity contribution in [2.45, 2.75) is 19.9 Å². The molecule has 90 valence electrons. The van der Waals surface area contributed by atoms with E-state index in [2.05, 4.69) is 28.9 Å². The lowest BCUT2D eigenvalue weighted by Crippen LogP contribution is -2.29. The maximum Gasteiger partial charge on any atom is 0.142 e. The molecule has 0 aliphatic carbocycles. The van der Waals surface area contributed by atoms with E-state index in [4.69, 9.17) is 4.74 Å². The molecule has 2 heterocycles. The first-order valence-electron chi connectivity index (χ1n) is 6.22. The number of fused-ring (bicyclic) bond motifs is 3. The third kappa shape index (κ3) is 1.62. The Bertz CT molecular complexity index is 544. The fourth-order valence-corrected chi connectivity index (χ4v) is 2.73. The van der Waals surface area contributed by atoms with Gasteiger partial charge in [0.25, 0.3) is 0 Å². The van der Waals surface area contributed by atoms with Crippen molar-refractivity contribution in [1.29, 1.82) is 0 Å². The van der Waals surface area contributed by atoms with Crippen LogP contribution in [0.3, 0.4) is 0 Å². The molecule has 0 unspecified atom stereocenters. The summed E-state index contributed by atoms with van der Waals surface area (Å²) in [6.45, 7) is 5.53. The summed E-state index contributed by atoms with van der Waals surface area (Å²) in [6, 6.07) is 6.28. The topological polar surface area (TPSA) is 28.3 Å². The van der Waals surface area contributed by atoms with E-state index in [1.807, 2.05) is 6.07 Å². The van der Waals surface area contributed by atoms with Crippen LogP contribution in [0.25, 0.3) is 10.9 Å². The standard InChI is InChI=1S/C14H18N2O/c1-3-16-8-7-10-11-5-4-6-13(17-2)14(11)15-12(10)9-16/h4-6,15H,3,7-9H2,1-2H3. The van der Waals surface area contributed by atoms with Crippen LogP contribution in [0.5, 0.6) is 5.75 Å². The van der Waals surface area contributed by atoms with Crippen LogP contribution in [-0.4, -0.2) is 30.1 Å². The van der Waals surface area contributed by atoms with Gasteiger partial charge in [-0.05, 0) is 24.6 Å². The molecule has 0 saturated heterocycles. The monoisotopic (exact) mass is 230 g/mol. The van der Waals surface area contributed by atoms with E-state index in [9.17, 15) is 0 Å². The number of aromatic amines is 1. The molecule has 1 N–H and O–H groups in total. The quantitative estimate of drug-likeness (QED) is 0.858. The Morgan fingerprint density at radius 2 is 2.29 bits per heavy atom. The predicted molar refractivity (Wildman–Crippen MR) is 69.5 cm³/mol. The number of nitrogens with one attached hydrogen (secondary N) is 1. The van der Waals surface area contributed by atoms with Gasteiger partial charge in [-0.3, -0.25) is 4.90 Å². The SMILES string of the molecule is CCN1CCc2c([nH]c3c(OC)cccc23)C1. The lowest BCUT2D eigenvalue weighted by Gasteiger charge is -2.25. The lowest BCUT2D eigenvalue weighted by atomic mass is 10.0. The Kier molecular flexibility index (Phi) is 2.56. The Morgan fingerprint density at radius 1 is 1.41 bits per heavy atom. The zero-order valence-electron chi connectivity index (χ0n) is 10.4. The molecule has 1 aromatic carbocycles. The van der Waals surface area contributed by atoms with E-state index < -0.39 is 0 Å². The fraction of sp³-hybridized carbons (Fsp3) is 0.429. The Balaban J connectivity index is 2.14. The molecule has 1 aromatic heterocycles. The largest absolute Gasteiger partial charge is 0.495 e. The third-order valence-electron chi connectivity index (χ3n) is 3.72. The number of rotatable bonds is 2. The van der Waals surface area contributed by atoms with Crippen molar-refractivity contribution < 1.29 is 4.74 Å². The molecule has 0 bridgehead atoms. The van der Waals surface area contributed by atoms with E-state index in [1.165, 1.54) is 16.6 Å². The van der Waals surface area contributed by atoms with Crippen LogP contribution in [0.2, 0.25) is 0 Å². The minimum atomic E-state index is 0.944. The molecule has 3 nitrogen and oxygen atoms in total. The lowest BCUT2D eigenvalue weighted by molar-refractivity contribution is 0.266. The zero-order chi connectivity index (χ0) is 11.8. The molecule has 0 radical (unpaired) electrons. The van der Waals surface area contributed by atoms with Gasteiger partial charge in [-0.25, -0.2) is 0 Å². The summed E-state index contributed by atoms with van der Waals surface area (Å²) in [4.78, 5) is 6.00. The summed E-state index contributed by atoms with van der Waals surface area (Å²) in [5.41, 5.74) is 3.99. The van der Waals surface area contributed by atoms with Gasteiger partial charge in [0.1, 0.15) is 5.75 Å². The second-order valence-electron chi connectivity index (χ2n) is 4.58. The molecule has 0 amide bonds. The minimum Gasteiger partial charge on any atom is -0.495 e. The van der Waals surface area contributed by atoms with E-state index in [1.54, 1.807) is 7.11 Å². The molecule has 3 rings (SSSR count). The number of methoxy groups -OCH3 is 1. The second kappa shape index (κ2) is 4.08. The van der Waals surface area contributed by atoms with Crippen molar-refractivity contribution in [3.05, 3.63) is 29.5 Å². The van der Waals surface area contributed by atoms with Crippen molar-refractivity contribution in [3.8, 4) is 5.75 Å². The van der Waals surface area contributed by atoms with Gasteiger partial charge >= 0.3 is 0 Å². The number of aromatic nitrogens is 1. The Morgan fingerprint density at radius 3 is 3.06 bits per heavy atom. The van der Waals surface area contributed by atoms with Crippen LogP contribution in [0.15, 0.2) is 18.2 Å². The van der Waals surface area contributed by atoms with Gasteiger partial charge in [-0.2, -0.15) is 0 Å². The van der Waals surface area contributed by atoms with Gasteiger partial charge in [0.2, 0.25) is 0 Å². The van der Waals surface area contributed by atoms with Gasteiger partial charge in [-0.15, -0.1) is 0 Å². The van der Waals surface area contributed by atoms with Crippen LogP contribution in [0.1, 0.15) is 18.2 Å². The highest BCUT2D eigenvalue weighted by molar-refractivity contribution is 5.89. The van der Waals surface area contributed by atoms with Crippen LogP contribution < -0.4 is 4.74 Å². The van der Waals surface area contributed by atoms with Gasteiger partial charge in [0.05, 0.1) is 12.6 Å². The average molecular weight is 230 g/mol. The van der Waals surface area contributed by atoms with Gasteiger partial charge in [0.15, 0.2) is 0 Å². The van der Waals surface area contributed by atoms with Crippen molar-refractivity contribution in [2.75, 3.05) is 20.2 Å². The van der Waals surface area contributed by atoms with Crippen molar-refractivity contribution in [2.24, 2.45) is 0 Å². The van der Waals surface area contributed by atoms with Crippen molar-refractivity contribution in [1.82, 2.24) is 9.88 Å². The molecule has 3 heteroatoms. The molecule has 0 fully saturated rings.